The summed E-state index contributed by atoms with van der Waals surface area (Å²) >= 11 is 5.98. The highest BCUT2D eigenvalue weighted by molar-refractivity contribution is 6.30. The molecule has 2 amide bonds. The number of methoxy groups -OCH3 is 1. The molecule has 0 spiro atoms. The lowest BCUT2D eigenvalue weighted by Gasteiger charge is -2.22. The van der Waals surface area contributed by atoms with E-state index >= 15 is 0 Å². The Labute approximate surface area is 176 Å². The molecule has 2 aromatic carbocycles. The molecule has 1 N–H and O–H groups in total. The molecule has 6 nitrogen and oxygen atoms in total. The van der Waals surface area contributed by atoms with Gasteiger partial charge in [0.1, 0.15) is 0 Å². The van der Waals surface area contributed by atoms with Crippen molar-refractivity contribution in [1.29, 1.82) is 0 Å². The predicted octanol–water partition coefficient (Wildman–Crippen LogP) is 4.59. The Morgan fingerprint density at radius 1 is 1.23 bits per heavy atom. The Bertz CT molecular complexity index is 978. The van der Waals surface area contributed by atoms with Crippen LogP contribution in [0.5, 0.6) is 11.5 Å². The number of urea groups is 1. The first-order chi connectivity index (χ1) is 14.1. The van der Waals surface area contributed by atoms with E-state index in [1.807, 2.05) is 0 Å². The van der Waals surface area contributed by atoms with Gasteiger partial charge in [0, 0.05) is 23.2 Å². The quantitative estimate of drug-likeness (QED) is 0.758. The molecule has 0 aromatic heterocycles. The van der Waals surface area contributed by atoms with Crippen LogP contribution in [0.15, 0.2) is 41.5 Å². The van der Waals surface area contributed by atoms with Gasteiger partial charge in [0.25, 0.3) is 0 Å². The molecule has 0 fully saturated rings. The number of ether oxygens (including phenoxy) is 2. The average molecular weight is 442 g/mol. The molecule has 30 heavy (non-hydrogen) atoms. The number of nitrogens with one attached hydrogen (secondary N) is 1. The SMILES string of the molecule is CNC(=O)N1N=C(c2ccc(Cl)cc2)c2cc(OC)c(OC(F)(F)F)cc2CC1C. The molecule has 0 saturated carbocycles. The molecule has 1 unspecified atom stereocenters. The highest BCUT2D eigenvalue weighted by atomic mass is 35.5. The van der Waals surface area contributed by atoms with Gasteiger partial charge >= 0.3 is 12.4 Å². The third-order valence-electron chi connectivity index (χ3n) is 4.55. The van der Waals surface area contributed by atoms with E-state index in [-0.39, 0.29) is 12.2 Å². The number of amides is 2. The number of carbonyl (C=O) groups excluding carboxylic acids is 1. The predicted molar refractivity (Wildman–Crippen MR) is 106 cm³/mol. The third kappa shape index (κ3) is 4.62. The summed E-state index contributed by atoms with van der Waals surface area (Å²) in [7, 11) is 2.73. The molecule has 1 aliphatic rings. The lowest BCUT2D eigenvalue weighted by molar-refractivity contribution is -0.275. The molecule has 160 valence electrons. The minimum Gasteiger partial charge on any atom is -0.493 e. The number of hydrazone groups is 1. The summed E-state index contributed by atoms with van der Waals surface area (Å²) in [4.78, 5) is 12.4. The van der Waals surface area contributed by atoms with E-state index in [0.29, 0.717) is 27.4 Å². The van der Waals surface area contributed by atoms with Crippen LogP contribution in [0.25, 0.3) is 0 Å². The summed E-state index contributed by atoms with van der Waals surface area (Å²) in [6, 6.07) is 8.60. The van der Waals surface area contributed by atoms with Crippen LogP contribution in [0, 0.1) is 0 Å². The van der Waals surface area contributed by atoms with Crippen molar-refractivity contribution in [3.63, 3.8) is 0 Å². The first kappa shape index (κ1) is 21.8. The molecule has 10 heteroatoms. The second-order valence-corrected chi connectivity index (χ2v) is 7.05. The third-order valence-corrected chi connectivity index (χ3v) is 4.80. The standard InChI is InChI=1S/C20H19ClF3N3O3/c1-11-8-13-9-17(30-20(22,23)24)16(29-3)10-15(13)18(26-27(11)19(28)25-2)12-4-6-14(21)7-5-12/h4-7,9-11H,8H2,1-3H3,(H,25,28). The number of hydrogen-bond acceptors (Lipinski definition) is 4. The Balaban J connectivity index is 2.22. The monoisotopic (exact) mass is 441 g/mol. The molecule has 0 bridgehead atoms. The van der Waals surface area contributed by atoms with Crippen LogP contribution in [-0.2, 0) is 6.42 Å². The number of carbonyl (C=O) groups is 1. The second-order valence-electron chi connectivity index (χ2n) is 6.62. The Hall–Kier alpha value is -2.94. The largest absolute Gasteiger partial charge is 0.573 e. The van der Waals surface area contributed by atoms with Crippen molar-refractivity contribution in [3.8, 4) is 11.5 Å². The first-order valence-corrected chi connectivity index (χ1v) is 9.33. The molecule has 0 saturated heterocycles. The van der Waals surface area contributed by atoms with Crippen molar-refractivity contribution in [1.82, 2.24) is 10.3 Å². The van der Waals surface area contributed by atoms with Crippen LogP contribution in [-0.4, -0.2) is 43.3 Å². The molecule has 0 aliphatic carbocycles. The minimum absolute atomic E-state index is 0.103. The zero-order valence-electron chi connectivity index (χ0n) is 16.4. The van der Waals surface area contributed by atoms with E-state index in [9.17, 15) is 18.0 Å². The Kier molecular flexibility index (Phi) is 6.12. The molecule has 0 radical (unpaired) electrons. The zero-order chi connectivity index (χ0) is 22.1. The zero-order valence-corrected chi connectivity index (χ0v) is 17.1. The maximum atomic E-state index is 12.9. The molecule has 2 aromatic rings. The van der Waals surface area contributed by atoms with Crippen molar-refractivity contribution in [2.45, 2.75) is 25.7 Å². The van der Waals surface area contributed by atoms with Crippen molar-refractivity contribution in [2.24, 2.45) is 5.10 Å². The second kappa shape index (κ2) is 8.43. The number of alkyl halides is 3. The molecule has 1 aliphatic heterocycles. The van der Waals surface area contributed by atoms with Crippen LogP contribution >= 0.6 is 11.6 Å². The molecule has 1 atom stereocenters. The van der Waals surface area contributed by atoms with Crippen LogP contribution < -0.4 is 14.8 Å². The molecule has 3 rings (SSSR count). The van der Waals surface area contributed by atoms with E-state index in [4.69, 9.17) is 16.3 Å². The van der Waals surface area contributed by atoms with Gasteiger partial charge in [0.05, 0.1) is 18.9 Å². The summed E-state index contributed by atoms with van der Waals surface area (Å²) in [6.45, 7) is 1.75. The van der Waals surface area contributed by atoms with E-state index in [1.54, 1.807) is 31.2 Å². The van der Waals surface area contributed by atoms with Crippen LogP contribution in [0.3, 0.4) is 0 Å². The van der Waals surface area contributed by atoms with Gasteiger partial charge in [-0.25, -0.2) is 9.80 Å². The Morgan fingerprint density at radius 3 is 2.47 bits per heavy atom. The summed E-state index contributed by atoms with van der Waals surface area (Å²) in [5, 5.41) is 8.83. The fraction of sp³-hybridized carbons (Fsp3) is 0.300. The van der Waals surface area contributed by atoms with Crippen LogP contribution in [0.4, 0.5) is 18.0 Å². The number of rotatable bonds is 3. The summed E-state index contributed by atoms with van der Waals surface area (Å²) < 4.78 is 47.9. The van der Waals surface area contributed by atoms with Gasteiger partial charge in [-0.1, -0.05) is 23.7 Å². The van der Waals surface area contributed by atoms with E-state index in [2.05, 4.69) is 15.2 Å². The highest BCUT2D eigenvalue weighted by Crippen LogP contribution is 2.37. The Morgan fingerprint density at radius 2 is 1.90 bits per heavy atom. The van der Waals surface area contributed by atoms with Crippen molar-refractivity contribution in [3.05, 3.63) is 58.1 Å². The van der Waals surface area contributed by atoms with Gasteiger partial charge in [-0.3, -0.25) is 0 Å². The van der Waals surface area contributed by atoms with E-state index in [0.717, 1.165) is 0 Å². The van der Waals surface area contributed by atoms with Gasteiger partial charge in [-0.2, -0.15) is 5.10 Å². The fourth-order valence-corrected chi connectivity index (χ4v) is 3.33. The number of nitrogens with zero attached hydrogens (tertiary/aromatic N) is 2. The summed E-state index contributed by atoms with van der Waals surface area (Å²) in [5.74, 6) is -0.561. The smallest absolute Gasteiger partial charge is 0.493 e. The van der Waals surface area contributed by atoms with E-state index < -0.39 is 24.2 Å². The fourth-order valence-electron chi connectivity index (χ4n) is 3.20. The van der Waals surface area contributed by atoms with E-state index in [1.165, 1.54) is 31.3 Å². The first-order valence-electron chi connectivity index (χ1n) is 8.95. The van der Waals surface area contributed by atoms with Gasteiger partial charge in [-0.15, -0.1) is 13.2 Å². The lowest BCUT2D eigenvalue weighted by Crippen LogP contribution is -2.41. The van der Waals surface area contributed by atoms with Crippen molar-refractivity contribution >= 4 is 23.3 Å². The van der Waals surface area contributed by atoms with Crippen molar-refractivity contribution in [2.75, 3.05) is 14.2 Å². The normalized spacial score (nSPS) is 16.3. The van der Waals surface area contributed by atoms with Gasteiger partial charge < -0.3 is 14.8 Å². The van der Waals surface area contributed by atoms with Gasteiger partial charge in [0.15, 0.2) is 11.5 Å². The lowest BCUT2D eigenvalue weighted by atomic mass is 9.94. The molecular weight excluding hydrogens is 423 g/mol. The van der Waals surface area contributed by atoms with Crippen molar-refractivity contribution < 1.29 is 27.4 Å². The number of hydrogen-bond donors (Lipinski definition) is 1. The van der Waals surface area contributed by atoms with Gasteiger partial charge in [0.2, 0.25) is 0 Å². The number of fused-ring (bicyclic) bond motifs is 1. The van der Waals surface area contributed by atoms with Crippen LogP contribution in [0.1, 0.15) is 23.6 Å². The van der Waals surface area contributed by atoms with Crippen LogP contribution in [0.2, 0.25) is 5.02 Å². The average Bonchev–Trinajstić information content (AvgIpc) is 2.82. The highest BCUT2D eigenvalue weighted by Gasteiger charge is 2.34. The maximum Gasteiger partial charge on any atom is 0.573 e. The maximum absolute atomic E-state index is 12.9. The number of halogens is 4. The summed E-state index contributed by atoms with van der Waals surface area (Å²) in [6.07, 6.45) is -4.62. The topological polar surface area (TPSA) is 63.2 Å². The molecule has 1 heterocycles. The number of benzene rings is 2. The summed E-state index contributed by atoms with van der Waals surface area (Å²) in [5.41, 5.74) is 2.09. The minimum atomic E-state index is -4.88. The van der Waals surface area contributed by atoms with Gasteiger partial charge in [-0.05, 0) is 43.2 Å². The molecular formula is C20H19ClF3N3O3.